The number of ether oxygens (including phenoxy) is 2. The van der Waals surface area contributed by atoms with Gasteiger partial charge >= 0.3 is 0 Å². The van der Waals surface area contributed by atoms with Gasteiger partial charge in [-0.2, -0.15) is 0 Å². The van der Waals surface area contributed by atoms with Crippen LogP contribution in [-0.2, 0) is 19.1 Å². The predicted octanol–water partition coefficient (Wildman–Crippen LogP) is 5.72. The lowest BCUT2D eigenvalue weighted by Gasteiger charge is -2.34. The molecule has 5 amide bonds. The monoisotopic (exact) mass is 817 g/mol. The van der Waals surface area contributed by atoms with E-state index < -0.39 is 29.7 Å². The summed E-state index contributed by atoms with van der Waals surface area (Å²) in [5, 5.41) is 5.36. The molecule has 0 saturated carbocycles. The van der Waals surface area contributed by atoms with E-state index in [0.717, 1.165) is 59.0 Å². The van der Waals surface area contributed by atoms with Crippen molar-refractivity contribution in [2.24, 2.45) is 0 Å². The third kappa shape index (κ3) is 9.90. The lowest BCUT2D eigenvalue weighted by molar-refractivity contribution is -0.136. The number of rotatable bonds is 17. The van der Waals surface area contributed by atoms with Gasteiger partial charge in [-0.1, -0.05) is 78.9 Å². The van der Waals surface area contributed by atoms with Crippen LogP contribution in [0.2, 0.25) is 0 Å². The van der Waals surface area contributed by atoms with Crippen LogP contribution >= 0.6 is 11.6 Å². The SMILES string of the molecule is O=C1CCC(N2C(=O)c3cccc(NCCOCCC(=O)N4CCN(CCOc5ccc(C(=C(CCCl)c6ccccc6)c6ccccc6)cc5)CC4)c3C2=O)C(=O)N1. The molecule has 4 aromatic rings. The number of nitrogens with one attached hydrogen (secondary N) is 2. The molecule has 0 radical (unpaired) electrons. The van der Waals surface area contributed by atoms with Gasteiger partial charge in [-0.3, -0.25) is 39.1 Å². The van der Waals surface area contributed by atoms with E-state index in [1.165, 1.54) is 5.57 Å². The highest BCUT2D eigenvalue weighted by Gasteiger charge is 2.45. The van der Waals surface area contributed by atoms with Crippen LogP contribution in [-0.4, -0.2) is 115 Å². The number of fused-ring (bicyclic) bond motifs is 1. The Morgan fingerprint density at radius 3 is 2.14 bits per heavy atom. The first kappa shape index (κ1) is 41.3. The minimum absolute atomic E-state index is 0.0397. The van der Waals surface area contributed by atoms with Crippen molar-refractivity contribution in [2.45, 2.75) is 31.7 Å². The number of piperazine rings is 1. The molecule has 4 aromatic carbocycles. The van der Waals surface area contributed by atoms with Gasteiger partial charge in [0.2, 0.25) is 17.7 Å². The van der Waals surface area contributed by atoms with E-state index in [0.29, 0.717) is 37.8 Å². The zero-order chi connectivity index (χ0) is 41.1. The van der Waals surface area contributed by atoms with Gasteiger partial charge in [0.15, 0.2) is 0 Å². The van der Waals surface area contributed by atoms with Crippen molar-refractivity contribution in [3.8, 4) is 5.75 Å². The zero-order valence-corrected chi connectivity index (χ0v) is 33.6. The van der Waals surface area contributed by atoms with Gasteiger partial charge in [0.1, 0.15) is 18.4 Å². The number of allylic oxidation sites excluding steroid dienone is 1. The molecule has 2 saturated heterocycles. The molecule has 3 aliphatic rings. The standard InChI is InChI=1S/C46H48ClN5O7/c47-22-20-36(32-8-3-1-4-9-32)42(33-10-5-2-6-11-33)34-14-16-35(17-15-34)59-31-28-50-24-26-51(27-25-50)41(54)21-29-58-30-23-48-38-13-7-12-37-43(38)46(57)52(45(37)56)39-18-19-40(53)49-44(39)55/h1-17,39,48H,18-31H2,(H,49,53,55). The predicted molar refractivity (Wildman–Crippen MR) is 226 cm³/mol. The summed E-state index contributed by atoms with van der Waals surface area (Å²) in [6.45, 7) is 4.95. The fourth-order valence-corrected chi connectivity index (χ4v) is 8.03. The minimum atomic E-state index is -1.03. The number of carbonyl (C=O) groups excluding carboxylic acids is 5. The Hall–Kier alpha value is -5.82. The third-order valence-electron chi connectivity index (χ3n) is 10.9. The van der Waals surface area contributed by atoms with E-state index in [1.807, 2.05) is 29.2 Å². The van der Waals surface area contributed by atoms with Crippen molar-refractivity contribution in [1.29, 1.82) is 0 Å². The van der Waals surface area contributed by atoms with Gasteiger partial charge in [-0.15, -0.1) is 11.6 Å². The second-order valence-corrected chi connectivity index (χ2v) is 15.0. The highest BCUT2D eigenvalue weighted by Crippen LogP contribution is 2.36. The van der Waals surface area contributed by atoms with Crippen LogP contribution in [0.3, 0.4) is 0 Å². The summed E-state index contributed by atoms with van der Waals surface area (Å²) in [5.74, 6) is -0.845. The van der Waals surface area contributed by atoms with Crippen molar-refractivity contribution >= 4 is 58.0 Å². The van der Waals surface area contributed by atoms with Gasteiger partial charge in [0.05, 0.1) is 30.8 Å². The van der Waals surface area contributed by atoms with Crippen molar-refractivity contribution < 1.29 is 33.4 Å². The number of halogens is 1. The highest BCUT2D eigenvalue weighted by atomic mass is 35.5. The molecular formula is C46H48ClN5O7. The third-order valence-corrected chi connectivity index (χ3v) is 11.1. The fraction of sp³-hybridized carbons (Fsp3) is 0.326. The lowest BCUT2D eigenvalue weighted by Crippen LogP contribution is -2.54. The van der Waals surface area contributed by atoms with E-state index in [2.05, 4.69) is 76.2 Å². The Bertz CT molecular complexity index is 2170. The summed E-state index contributed by atoms with van der Waals surface area (Å²) >= 11 is 6.32. The number of amides is 5. The summed E-state index contributed by atoms with van der Waals surface area (Å²) in [6, 6.07) is 32.9. The Morgan fingerprint density at radius 2 is 1.44 bits per heavy atom. The average molecular weight is 818 g/mol. The quantitative estimate of drug-likeness (QED) is 0.0594. The highest BCUT2D eigenvalue weighted by molar-refractivity contribution is 6.25. The molecule has 306 valence electrons. The summed E-state index contributed by atoms with van der Waals surface area (Å²) in [6.07, 6.45) is 1.15. The molecular weight excluding hydrogens is 770 g/mol. The number of alkyl halides is 1. The van der Waals surface area contributed by atoms with E-state index in [-0.39, 0.29) is 49.5 Å². The van der Waals surface area contributed by atoms with Crippen molar-refractivity contribution in [2.75, 3.05) is 70.3 Å². The number of carbonyl (C=O) groups is 5. The summed E-state index contributed by atoms with van der Waals surface area (Å²) in [7, 11) is 0. The number of piperidine rings is 1. The van der Waals surface area contributed by atoms with Crippen molar-refractivity contribution in [3.05, 3.63) is 131 Å². The maximum atomic E-state index is 13.3. The van der Waals surface area contributed by atoms with Gasteiger partial charge in [0, 0.05) is 57.3 Å². The van der Waals surface area contributed by atoms with Crippen molar-refractivity contribution in [1.82, 2.24) is 20.0 Å². The van der Waals surface area contributed by atoms with Crippen LogP contribution in [0.15, 0.2) is 103 Å². The number of benzene rings is 4. The van der Waals surface area contributed by atoms with Gasteiger partial charge in [0.25, 0.3) is 11.8 Å². The van der Waals surface area contributed by atoms with Crippen LogP contribution < -0.4 is 15.4 Å². The molecule has 13 heteroatoms. The molecule has 59 heavy (non-hydrogen) atoms. The average Bonchev–Trinajstić information content (AvgIpc) is 3.52. The first-order valence-corrected chi connectivity index (χ1v) is 20.7. The van der Waals surface area contributed by atoms with Crippen LogP contribution in [0, 0.1) is 0 Å². The number of hydrogen-bond acceptors (Lipinski definition) is 9. The van der Waals surface area contributed by atoms with Crippen LogP contribution in [0.4, 0.5) is 5.69 Å². The van der Waals surface area contributed by atoms with E-state index in [1.54, 1.807) is 18.2 Å². The molecule has 0 aliphatic carbocycles. The van der Waals surface area contributed by atoms with Crippen molar-refractivity contribution in [3.63, 3.8) is 0 Å². The first-order chi connectivity index (χ1) is 28.8. The van der Waals surface area contributed by atoms with E-state index in [9.17, 15) is 24.0 Å². The topological polar surface area (TPSA) is 138 Å². The lowest BCUT2D eigenvalue weighted by atomic mass is 9.88. The van der Waals surface area contributed by atoms with E-state index >= 15 is 0 Å². The molecule has 0 spiro atoms. The summed E-state index contributed by atoms with van der Waals surface area (Å²) in [4.78, 5) is 68.4. The number of anilines is 1. The van der Waals surface area contributed by atoms with Gasteiger partial charge in [-0.25, -0.2) is 0 Å². The normalized spacial score (nSPS) is 17.4. The molecule has 2 N–H and O–H groups in total. The van der Waals surface area contributed by atoms with E-state index in [4.69, 9.17) is 21.1 Å². The second-order valence-electron chi connectivity index (χ2n) is 14.6. The maximum Gasteiger partial charge on any atom is 0.264 e. The molecule has 1 atom stereocenters. The molecule has 1 unspecified atom stereocenters. The van der Waals surface area contributed by atoms with Crippen LogP contribution in [0.25, 0.3) is 11.1 Å². The molecule has 0 aromatic heterocycles. The molecule has 3 aliphatic heterocycles. The largest absolute Gasteiger partial charge is 0.492 e. The minimum Gasteiger partial charge on any atom is -0.492 e. The second kappa shape index (κ2) is 19.8. The number of nitrogens with zero attached hydrogens (tertiary/aromatic N) is 3. The Kier molecular flexibility index (Phi) is 13.8. The molecule has 7 rings (SSSR count). The zero-order valence-electron chi connectivity index (χ0n) is 32.9. The smallest absolute Gasteiger partial charge is 0.264 e. The summed E-state index contributed by atoms with van der Waals surface area (Å²) in [5.41, 5.74) is 6.61. The molecule has 0 bridgehead atoms. The Labute approximate surface area is 349 Å². The maximum absolute atomic E-state index is 13.3. The summed E-state index contributed by atoms with van der Waals surface area (Å²) < 4.78 is 11.9. The molecule has 3 heterocycles. The molecule has 12 nitrogen and oxygen atoms in total. The van der Waals surface area contributed by atoms with Gasteiger partial charge in [-0.05, 0) is 64.9 Å². The Morgan fingerprint density at radius 1 is 0.746 bits per heavy atom. The van der Waals surface area contributed by atoms with Crippen LogP contribution in [0.1, 0.15) is 63.1 Å². The Balaban J connectivity index is 0.817. The first-order valence-electron chi connectivity index (χ1n) is 20.1. The van der Waals surface area contributed by atoms with Crippen LogP contribution in [0.5, 0.6) is 5.75 Å². The molecule has 2 fully saturated rings. The fourth-order valence-electron chi connectivity index (χ4n) is 7.84. The number of hydrogen-bond donors (Lipinski definition) is 2. The van der Waals surface area contributed by atoms with Gasteiger partial charge < -0.3 is 19.7 Å². The number of imide groups is 2.